The van der Waals surface area contributed by atoms with Crippen molar-refractivity contribution in [3.8, 4) is 0 Å². The van der Waals surface area contributed by atoms with Crippen molar-refractivity contribution in [2.75, 3.05) is 27.4 Å². The largest absolute Gasteiger partial charge is 0.483 e. The Morgan fingerprint density at radius 1 is 1.12 bits per heavy atom. The van der Waals surface area contributed by atoms with Gasteiger partial charge in [-0.15, -0.1) is 0 Å². The Labute approximate surface area is 105 Å². The molecule has 0 bridgehead atoms. The molecule has 5 nitrogen and oxygen atoms in total. The standard InChI is InChI=1S/C11H22O5Si/c1-4-8-11(12)15-9-6-5-7-10-16-17(13-2)14-3/h4,8,17H,5-7,9-10H2,1-3H3. The lowest BCUT2D eigenvalue weighted by Gasteiger charge is -2.11. The fraction of sp³-hybridized carbons (Fsp3) is 0.727. The molecule has 0 amide bonds. The lowest BCUT2D eigenvalue weighted by Crippen LogP contribution is -2.24. The van der Waals surface area contributed by atoms with Gasteiger partial charge in [-0.1, -0.05) is 6.08 Å². The summed E-state index contributed by atoms with van der Waals surface area (Å²) in [4.78, 5) is 10.9. The fourth-order valence-electron chi connectivity index (χ4n) is 1.15. The second-order valence-electron chi connectivity index (χ2n) is 3.36. The molecule has 0 spiro atoms. The van der Waals surface area contributed by atoms with Crippen molar-refractivity contribution in [3.05, 3.63) is 12.2 Å². The van der Waals surface area contributed by atoms with E-state index in [4.69, 9.17) is 18.0 Å². The summed E-state index contributed by atoms with van der Waals surface area (Å²) in [6.07, 6.45) is 5.79. The molecule has 0 aromatic carbocycles. The highest BCUT2D eigenvalue weighted by molar-refractivity contribution is 6.36. The Morgan fingerprint density at radius 2 is 1.76 bits per heavy atom. The van der Waals surface area contributed by atoms with Crippen molar-refractivity contribution in [1.29, 1.82) is 0 Å². The second kappa shape index (κ2) is 11.8. The van der Waals surface area contributed by atoms with Crippen molar-refractivity contribution < 1.29 is 22.8 Å². The molecule has 0 aromatic rings. The molecule has 0 aliphatic rings. The molecule has 17 heavy (non-hydrogen) atoms. The SMILES string of the molecule is CC=CC(=O)OCCCCCO[SiH](OC)OC. The van der Waals surface area contributed by atoms with E-state index in [0.29, 0.717) is 13.2 Å². The number of hydrogen-bond acceptors (Lipinski definition) is 5. The van der Waals surface area contributed by atoms with Crippen LogP contribution in [0.25, 0.3) is 0 Å². The minimum atomic E-state index is -1.87. The molecule has 0 aromatic heterocycles. The molecule has 0 saturated heterocycles. The molecule has 0 heterocycles. The van der Waals surface area contributed by atoms with E-state index in [9.17, 15) is 4.79 Å². The molecule has 0 N–H and O–H groups in total. The van der Waals surface area contributed by atoms with Crippen molar-refractivity contribution in [2.45, 2.75) is 26.2 Å². The summed E-state index contributed by atoms with van der Waals surface area (Å²) in [5.41, 5.74) is 0. The average Bonchev–Trinajstić information content (AvgIpc) is 2.33. The van der Waals surface area contributed by atoms with Gasteiger partial charge in [-0.2, -0.15) is 0 Å². The van der Waals surface area contributed by atoms with Gasteiger partial charge in [-0.25, -0.2) is 4.79 Å². The highest BCUT2D eigenvalue weighted by Gasteiger charge is 2.09. The van der Waals surface area contributed by atoms with Crippen LogP contribution in [0, 0.1) is 0 Å². The van der Waals surface area contributed by atoms with Gasteiger partial charge in [0.05, 0.1) is 6.61 Å². The maximum Gasteiger partial charge on any atom is 0.483 e. The molecule has 0 rings (SSSR count). The van der Waals surface area contributed by atoms with Crippen LogP contribution in [0.1, 0.15) is 26.2 Å². The van der Waals surface area contributed by atoms with E-state index in [1.54, 1.807) is 27.2 Å². The van der Waals surface area contributed by atoms with Gasteiger partial charge in [0, 0.05) is 26.9 Å². The maximum absolute atomic E-state index is 10.9. The van der Waals surface area contributed by atoms with Crippen molar-refractivity contribution in [3.63, 3.8) is 0 Å². The zero-order valence-corrected chi connectivity index (χ0v) is 12.0. The van der Waals surface area contributed by atoms with Crippen LogP contribution >= 0.6 is 0 Å². The summed E-state index contributed by atoms with van der Waals surface area (Å²) in [5.74, 6) is -0.282. The molecular formula is C11H22O5Si. The van der Waals surface area contributed by atoms with E-state index in [0.717, 1.165) is 19.3 Å². The van der Waals surface area contributed by atoms with Crippen LogP contribution in [0.15, 0.2) is 12.2 Å². The second-order valence-corrected chi connectivity index (χ2v) is 5.21. The number of esters is 1. The molecular weight excluding hydrogens is 240 g/mol. The van der Waals surface area contributed by atoms with Crippen molar-refractivity contribution in [1.82, 2.24) is 0 Å². The van der Waals surface area contributed by atoms with Crippen LogP contribution in [0.5, 0.6) is 0 Å². The highest BCUT2D eigenvalue weighted by Crippen LogP contribution is 1.99. The zero-order valence-electron chi connectivity index (χ0n) is 10.8. The predicted octanol–water partition coefficient (Wildman–Crippen LogP) is 1.30. The van der Waals surface area contributed by atoms with Gasteiger partial charge < -0.3 is 18.0 Å². The normalized spacial score (nSPS) is 11.3. The van der Waals surface area contributed by atoms with Crippen LogP contribution in [0.4, 0.5) is 0 Å². The molecule has 0 aliphatic heterocycles. The van der Waals surface area contributed by atoms with Crippen molar-refractivity contribution >= 4 is 15.5 Å². The van der Waals surface area contributed by atoms with Crippen LogP contribution in [-0.2, 0) is 22.8 Å². The Balaban J connectivity index is 3.26. The lowest BCUT2D eigenvalue weighted by molar-refractivity contribution is -0.137. The van der Waals surface area contributed by atoms with Gasteiger partial charge in [-0.05, 0) is 26.2 Å². The van der Waals surface area contributed by atoms with E-state index in [1.165, 1.54) is 6.08 Å². The summed E-state index contributed by atoms with van der Waals surface area (Å²) in [6.45, 7) is 2.87. The van der Waals surface area contributed by atoms with Gasteiger partial charge in [0.2, 0.25) is 0 Å². The number of allylic oxidation sites excluding steroid dienone is 1. The Hall–Kier alpha value is -0.693. The molecule has 0 unspecified atom stereocenters. The third-order valence-corrected chi connectivity index (χ3v) is 3.25. The number of rotatable bonds is 10. The van der Waals surface area contributed by atoms with E-state index < -0.39 is 9.53 Å². The molecule has 0 fully saturated rings. The Morgan fingerprint density at radius 3 is 2.35 bits per heavy atom. The van der Waals surface area contributed by atoms with E-state index in [1.807, 2.05) is 0 Å². The number of hydrogen-bond donors (Lipinski definition) is 0. The van der Waals surface area contributed by atoms with Gasteiger partial charge in [0.1, 0.15) is 0 Å². The highest BCUT2D eigenvalue weighted by atomic mass is 28.3. The van der Waals surface area contributed by atoms with Gasteiger partial charge in [0.25, 0.3) is 0 Å². The van der Waals surface area contributed by atoms with E-state index in [-0.39, 0.29) is 5.97 Å². The smallest absolute Gasteiger partial charge is 0.463 e. The quantitative estimate of drug-likeness (QED) is 0.257. The first-order valence-electron chi connectivity index (χ1n) is 5.71. The van der Waals surface area contributed by atoms with Gasteiger partial charge in [0.15, 0.2) is 0 Å². The molecule has 0 radical (unpaired) electrons. The topological polar surface area (TPSA) is 54.0 Å². The summed E-state index contributed by atoms with van der Waals surface area (Å²) in [5, 5.41) is 0. The lowest BCUT2D eigenvalue weighted by atomic mass is 10.2. The number of carbonyl (C=O) groups excluding carboxylic acids is 1. The van der Waals surface area contributed by atoms with Gasteiger partial charge >= 0.3 is 15.5 Å². The van der Waals surface area contributed by atoms with E-state index in [2.05, 4.69) is 0 Å². The third-order valence-electron chi connectivity index (χ3n) is 1.97. The number of unbranched alkanes of at least 4 members (excludes halogenated alkanes) is 2. The molecule has 0 saturated carbocycles. The van der Waals surface area contributed by atoms with Gasteiger partial charge in [-0.3, -0.25) is 0 Å². The molecule has 100 valence electrons. The average molecular weight is 262 g/mol. The van der Waals surface area contributed by atoms with Crippen LogP contribution in [-0.4, -0.2) is 42.9 Å². The molecule has 0 aliphatic carbocycles. The summed E-state index contributed by atoms with van der Waals surface area (Å²) < 4.78 is 20.3. The monoisotopic (exact) mass is 262 g/mol. The molecule has 6 heteroatoms. The predicted molar refractivity (Wildman–Crippen MR) is 66.7 cm³/mol. The van der Waals surface area contributed by atoms with Crippen molar-refractivity contribution in [2.24, 2.45) is 0 Å². The molecule has 0 atom stereocenters. The minimum absolute atomic E-state index is 0.282. The summed E-state index contributed by atoms with van der Waals surface area (Å²) in [6, 6.07) is 0. The first-order valence-corrected chi connectivity index (χ1v) is 7.12. The summed E-state index contributed by atoms with van der Waals surface area (Å²) in [7, 11) is 1.30. The minimum Gasteiger partial charge on any atom is -0.463 e. The van der Waals surface area contributed by atoms with Crippen LogP contribution in [0.2, 0.25) is 0 Å². The first kappa shape index (κ1) is 16.3. The van der Waals surface area contributed by atoms with Crippen LogP contribution < -0.4 is 0 Å². The zero-order chi connectivity index (χ0) is 12.9. The van der Waals surface area contributed by atoms with Crippen LogP contribution in [0.3, 0.4) is 0 Å². The maximum atomic E-state index is 10.9. The third kappa shape index (κ3) is 10.2. The number of carbonyl (C=O) groups is 1. The fourth-order valence-corrected chi connectivity index (χ4v) is 1.97. The Bertz CT molecular complexity index is 216. The first-order chi connectivity index (χ1) is 8.24. The summed E-state index contributed by atoms with van der Waals surface area (Å²) >= 11 is 0. The Kier molecular flexibility index (Phi) is 11.3. The van der Waals surface area contributed by atoms with E-state index >= 15 is 0 Å². The number of ether oxygens (including phenoxy) is 1.